The van der Waals surface area contributed by atoms with Crippen molar-refractivity contribution in [3.63, 3.8) is 0 Å². The lowest BCUT2D eigenvalue weighted by Gasteiger charge is -2.25. The molecule has 15 heavy (non-hydrogen) atoms. The van der Waals surface area contributed by atoms with Crippen molar-refractivity contribution in [2.24, 2.45) is 0 Å². The summed E-state index contributed by atoms with van der Waals surface area (Å²) in [5, 5.41) is 2.81. The monoisotopic (exact) mass is 205 g/mol. The van der Waals surface area contributed by atoms with E-state index in [1.165, 1.54) is 16.7 Å². The SMILES string of the molecule is Cc1ccc(C)c([C@@H]2CNC(=O)CO2)c1. The molecule has 3 nitrogen and oxygen atoms in total. The Kier molecular flexibility index (Phi) is 2.73. The number of carbonyl (C=O) groups is 1. The molecule has 0 bridgehead atoms. The Morgan fingerprint density at radius 3 is 2.87 bits per heavy atom. The number of nitrogens with one attached hydrogen (secondary N) is 1. The highest BCUT2D eigenvalue weighted by Gasteiger charge is 2.21. The summed E-state index contributed by atoms with van der Waals surface area (Å²) in [7, 11) is 0. The van der Waals surface area contributed by atoms with Gasteiger partial charge in [-0.1, -0.05) is 23.8 Å². The number of hydrogen-bond donors (Lipinski definition) is 1. The van der Waals surface area contributed by atoms with Crippen molar-refractivity contribution in [2.75, 3.05) is 13.2 Å². The van der Waals surface area contributed by atoms with Crippen molar-refractivity contribution in [1.82, 2.24) is 5.32 Å². The van der Waals surface area contributed by atoms with Crippen LogP contribution in [-0.2, 0) is 9.53 Å². The maximum Gasteiger partial charge on any atom is 0.246 e. The highest BCUT2D eigenvalue weighted by molar-refractivity contribution is 5.77. The van der Waals surface area contributed by atoms with Gasteiger partial charge in [-0.15, -0.1) is 0 Å². The Morgan fingerprint density at radius 1 is 1.40 bits per heavy atom. The summed E-state index contributed by atoms with van der Waals surface area (Å²) in [6.45, 7) is 4.86. The molecule has 1 aromatic carbocycles. The minimum atomic E-state index is -0.0310. The largest absolute Gasteiger partial charge is 0.362 e. The second kappa shape index (κ2) is 4.03. The molecule has 1 fully saturated rings. The number of rotatable bonds is 1. The van der Waals surface area contributed by atoms with E-state index in [1.807, 2.05) is 0 Å². The summed E-state index contributed by atoms with van der Waals surface area (Å²) >= 11 is 0. The van der Waals surface area contributed by atoms with Gasteiger partial charge in [0.2, 0.25) is 5.91 Å². The van der Waals surface area contributed by atoms with Crippen molar-refractivity contribution >= 4 is 5.91 Å². The van der Waals surface area contributed by atoms with Crippen molar-refractivity contribution < 1.29 is 9.53 Å². The second-order valence-corrected chi connectivity index (χ2v) is 3.96. The van der Waals surface area contributed by atoms with E-state index in [2.05, 4.69) is 37.4 Å². The van der Waals surface area contributed by atoms with Gasteiger partial charge in [0, 0.05) is 6.54 Å². The van der Waals surface area contributed by atoms with Crippen LogP contribution < -0.4 is 5.32 Å². The van der Waals surface area contributed by atoms with Crippen LogP contribution in [0.4, 0.5) is 0 Å². The van der Waals surface area contributed by atoms with E-state index >= 15 is 0 Å². The molecular weight excluding hydrogens is 190 g/mol. The number of ether oxygens (including phenoxy) is 1. The molecule has 1 saturated heterocycles. The summed E-state index contributed by atoms with van der Waals surface area (Å²) < 4.78 is 5.50. The Hall–Kier alpha value is -1.35. The molecule has 3 heteroatoms. The van der Waals surface area contributed by atoms with Crippen LogP contribution in [0.15, 0.2) is 18.2 Å². The minimum absolute atomic E-state index is 0.00241. The van der Waals surface area contributed by atoms with Crippen LogP contribution in [0.2, 0.25) is 0 Å². The zero-order valence-electron chi connectivity index (χ0n) is 9.04. The second-order valence-electron chi connectivity index (χ2n) is 3.96. The first-order valence-corrected chi connectivity index (χ1v) is 5.12. The average molecular weight is 205 g/mol. The van der Waals surface area contributed by atoms with E-state index in [1.54, 1.807) is 0 Å². The summed E-state index contributed by atoms with van der Waals surface area (Å²) in [5.74, 6) is -0.0310. The van der Waals surface area contributed by atoms with Gasteiger partial charge in [0.05, 0.1) is 0 Å². The van der Waals surface area contributed by atoms with Gasteiger partial charge in [-0.25, -0.2) is 0 Å². The van der Waals surface area contributed by atoms with E-state index in [9.17, 15) is 4.79 Å². The van der Waals surface area contributed by atoms with Crippen LogP contribution in [0.1, 0.15) is 22.8 Å². The molecule has 1 aliphatic rings. The molecule has 1 aliphatic heterocycles. The van der Waals surface area contributed by atoms with Crippen LogP contribution in [0.5, 0.6) is 0 Å². The van der Waals surface area contributed by atoms with Crippen LogP contribution in [-0.4, -0.2) is 19.1 Å². The zero-order chi connectivity index (χ0) is 10.8. The van der Waals surface area contributed by atoms with Crippen LogP contribution in [0.3, 0.4) is 0 Å². The van der Waals surface area contributed by atoms with Crippen molar-refractivity contribution in [3.8, 4) is 0 Å². The molecule has 1 atom stereocenters. The molecule has 0 aromatic heterocycles. The maximum absolute atomic E-state index is 11.0. The molecule has 0 radical (unpaired) electrons. The van der Waals surface area contributed by atoms with Gasteiger partial charge in [-0.05, 0) is 25.0 Å². The Bertz CT molecular complexity index is 377. The van der Waals surface area contributed by atoms with E-state index < -0.39 is 0 Å². The van der Waals surface area contributed by atoms with E-state index in [0.29, 0.717) is 6.54 Å². The maximum atomic E-state index is 11.0. The molecule has 0 aliphatic carbocycles. The summed E-state index contributed by atoms with van der Waals surface area (Å²) in [5.41, 5.74) is 3.60. The van der Waals surface area contributed by atoms with Gasteiger partial charge in [-0.2, -0.15) is 0 Å². The summed E-state index contributed by atoms with van der Waals surface area (Å²) in [6, 6.07) is 6.29. The molecular formula is C12H15NO2. The lowest BCUT2D eigenvalue weighted by molar-refractivity contribution is -0.133. The quantitative estimate of drug-likeness (QED) is 0.754. The summed E-state index contributed by atoms with van der Waals surface area (Å²) in [6.07, 6.45) is 0.00241. The molecule has 2 rings (SSSR count). The van der Waals surface area contributed by atoms with Crippen molar-refractivity contribution in [3.05, 3.63) is 34.9 Å². The van der Waals surface area contributed by atoms with Gasteiger partial charge in [-0.3, -0.25) is 4.79 Å². The third kappa shape index (κ3) is 2.18. The van der Waals surface area contributed by atoms with Gasteiger partial charge in [0.15, 0.2) is 0 Å². The molecule has 0 unspecified atom stereocenters. The topological polar surface area (TPSA) is 38.3 Å². The number of hydrogen-bond acceptors (Lipinski definition) is 2. The number of aryl methyl sites for hydroxylation is 2. The number of benzene rings is 1. The van der Waals surface area contributed by atoms with Crippen LogP contribution in [0, 0.1) is 13.8 Å². The fourth-order valence-electron chi connectivity index (χ4n) is 1.80. The Morgan fingerprint density at radius 2 is 2.20 bits per heavy atom. The predicted octanol–water partition coefficient (Wildman–Crippen LogP) is 1.49. The number of amides is 1. The Labute approximate surface area is 89.4 Å². The van der Waals surface area contributed by atoms with Gasteiger partial charge >= 0.3 is 0 Å². The first-order valence-electron chi connectivity index (χ1n) is 5.12. The lowest BCUT2D eigenvalue weighted by Crippen LogP contribution is -2.38. The number of morpholine rings is 1. The van der Waals surface area contributed by atoms with Crippen molar-refractivity contribution in [1.29, 1.82) is 0 Å². The lowest BCUT2D eigenvalue weighted by atomic mass is 10.00. The third-order valence-electron chi connectivity index (χ3n) is 2.68. The first kappa shape index (κ1) is 10.2. The van der Waals surface area contributed by atoms with E-state index in [4.69, 9.17) is 4.74 Å². The minimum Gasteiger partial charge on any atom is -0.362 e. The first-order chi connectivity index (χ1) is 7.16. The highest BCUT2D eigenvalue weighted by atomic mass is 16.5. The average Bonchev–Trinajstić information content (AvgIpc) is 2.23. The standard InChI is InChI=1S/C12H15NO2/c1-8-3-4-9(2)10(5-8)11-6-13-12(14)7-15-11/h3-5,11H,6-7H2,1-2H3,(H,13,14)/t11-/m0/s1. The van der Waals surface area contributed by atoms with Crippen molar-refractivity contribution in [2.45, 2.75) is 20.0 Å². The van der Waals surface area contributed by atoms with Crippen LogP contribution >= 0.6 is 0 Å². The summed E-state index contributed by atoms with van der Waals surface area (Å²) in [4.78, 5) is 11.0. The van der Waals surface area contributed by atoms with Gasteiger partial charge in [0.1, 0.15) is 12.7 Å². The highest BCUT2D eigenvalue weighted by Crippen LogP contribution is 2.23. The third-order valence-corrected chi connectivity index (χ3v) is 2.68. The van der Waals surface area contributed by atoms with Gasteiger partial charge in [0.25, 0.3) is 0 Å². The molecule has 0 saturated carbocycles. The molecule has 0 spiro atoms. The van der Waals surface area contributed by atoms with Gasteiger partial charge < -0.3 is 10.1 Å². The molecule has 80 valence electrons. The smallest absolute Gasteiger partial charge is 0.246 e. The zero-order valence-corrected chi connectivity index (χ0v) is 9.04. The fourth-order valence-corrected chi connectivity index (χ4v) is 1.80. The Balaban J connectivity index is 2.21. The molecule has 1 N–H and O–H groups in total. The molecule has 1 amide bonds. The van der Waals surface area contributed by atoms with E-state index in [-0.39, 0.29) is 18.6 Å². The molecule has 1 heterocycles. The molecule has 1 aromatic rings. The fraction of sp³-hybridized carbons (Fsp3) is 0.417. The van der Waals surface area contributed by atoms with Crippen LogP contribution in [0.25, 0.3) is 0 Å². The predicted molar refractivity (Wildman–Crippen MR) is 57.6 cm³/mol. The normalized spacial score (nSPS) is 21.2. The van der Waals surface area contributed by atoms with E-state index in [0.717, 1.165) is 0 Å². The number of carbonyl (C=O) groups excluding carboxylic acids is 1.